The Kier molecular flexibility index (Phi) is 4.54. The van der Waals surface area contributed by atoms with Crippen LogP contribution >= 0.6 is 0 Å². The number of allylic oxidation sites excluding steroid dienone is 4. The van der Waals surface area contributed by atoms with Crippen molar-refractivity contribution in [2.45, 2.75) is 41.0 Å². The topological polar surface area (TPSA) is 0 Å². The first kappa shape index (κ1) is 12.8. The molecule has 0 heteroatoms. The Bertz CT molecular complexity index is 415. The summed E-state index contributed by atoms with van der Waals surface area (Å²) in [4.78, 5) is 0. The Balaban J connectivity index is 2.79. The van der Waals surface area contributed by atoms with Crippen LogP contribution in [0.4, 0.5) is 0 Å². The minimum atomic E-state index is 1.05. The molecule has 0 aliphatic rings. The van der Waals surface area contributed by atoms with Crippen molar-refractivity contribution in [3.8, 4) is 0 Å². The van der Waals surface area contributed by atoms with Gasteiger partial charge in [-0.3, -0.25) is 0 Å². The van der Waals surface area contributed by atoms with Crippen molar-refractivity contribution in [3.63, 3.8) is 0 Å². The van der Waals surface area contributed by atoms with Crippen LogP contribution in [0, 0.1) is 6.92 Å². The Morgan fingerprint density at radius 3 is 2.38 bits per heavy atom. The fourth-order valence-corrected chi connectivity index (χ4v) is 1.71. The van der Waals surface area contributed by atoms with Gasteiger partial charge in [0.15, 0.2) is 0 Å². The summed E-state index contributed by atoms with van der Waals surface area (Å²) >= 11 is 0. The van der Waals surface area contributed by atoms with E-state index in [1.165, 1.54) is 27.8 Å². The Morgan fingerprint density at radius 2 is 1.81 bits per heavy atom. The summed E-state index contributed by atoms with van der Waals surface area (Å²) in [5.74, 6) is 0. The zero-order chi connectivity index (χ0) is 12.1. The minimum Gasteiger partial charge on any atom is -0.0735 e. The van der Waals surface area contributed by atoms with Crippen molar-refractivity contribution >= 4 is 0 Å². The van der Waals surface area contributed by atoms with Crippen molar-refractivity contribution in [1.29, 1.82) is 0 Å². The maximum atomic E-state index is 2.29. The van der Waals surface area contributed by atoms with Gasteiger partial charge in [-0.2, -0.15) is 0 Å². The van der Waals surface area contributed by atoms with Gasteiger partial charge >= 0.3 is 0 Å². The van der Waals surface area contributed by atoms with Gasteiger partial charge in [-0.05, 0) is 46.6 Å². The van der Waals surface area contributed by atoms with Crippen LogP contribution in [-0.4, -0.2) is 0 Å². The first-order valence-electron chi connectivity index (χ1n) is 5.86. The Hall–Kier alpha value is -1.30. The van der Waals surface area contributed by atoms with Crippen LogP contribution in [0.25, 0.3) is 0 Å². The first-order valence-corrected chi connectivity index (χ1v) is 5.86. The normalized spacial score (nSPS) is 11.4. The van der Waals surface area contributed by atoms with Gasteiger partial charge in [0.2, 0.25) is 0 Å². The highest BCUT2D eigenvalue weighted by molar-refractivity contribution is 5.30. The van der Waals surface area contributed by atoms with Crippen LogP contribution in [0.5, 0.6) is 0 Å². The van der Waals surface area contributed by atoms with Crippen LogP contribution < -0.4 is 0 Å². The van der Waals surface area contributed by atoms with Gasteiger partial charge in [0.05, 0.1) is 0 Å². The van der Waals surface area contributed by atoms with E-state index in [0.717, 1.165) is 6.42 Å². The maximum Gasteiger partial charge on any atom is -0.00666 e. The van der Waals surface area contributed by atoms with E-state index < -0.39 is 0 Å². The predicted octanol–water partition coefficient (Wildman–Crippen LogP) is 4.84. The maximum absolute atomic E-state index is 2.29. The zero-order valence-electron chi connectivity index (χ0n) is 11.1. The smallest absolute Gasteiger partial charge is 0.00666 e. The summed E-state index contributed by atoms with van der Waals surface area (Å²) in [7, 11) is 0. The molecule has 0 atom stereocenters. The number of hydrogen-bond acceptors (Lipinski definition) is 0. The summed E-state index contributed by atoms with van der Waals surface area (Å²) in [5, 5.41) is 0. The fourth-order valence-electron chi connectivity index (χ4n) is 1.71. The molecule has 1 rings (SSSR count). The standard InChI is InChI=1S/C16H22/c1-12(2)15(5)9-14(4)11-16-8-6-7-13(3)10-16/h6-10H,11H2,1-5H3. The molecule has 0 bridgehead atoms. The zero-order valence-corrected chi connectivity index (χ0v) is 11.1. The quantitative estimate of drug-likeness (QED) is 0.631. The van der Waals surface area contributed by atoms with Crippen LogP contribution in [0.1, 0.15) is 38.8 Å². The van der Waals surface area contributed by atoms with E-state index in [1.54, 1.807) is 0 Å². The highest BCUT2D eigenvalue weighted by Gasteiger charge is 1.96. The lowest BCUT2D eigenvalue weighted by atomic mass is 10.0. The second kappa shape index (κ2) is 5.69. The van der Waals surface area contributed by atoms with Crippen molar-refractivity contribution < 1.29 is 0 Å². The summed E-state index contributed by atoms with van der Waals surface area (Å²) in [5.41, 5.74) is 6.93. The van der Waals surface area contributed by atoms with E-state index in [-0.39, 0.29) is 0 Å². The molecule has 0 fully saturated rings. The molecule has 0 unspecified atom stereocenters. The number of benzene rings is 1. The molecule has 0 amide bonds. The lowest BCUT2D eigenvalue weighted by Gasteiger charge is -2.04. The minimum absolute atomic E-state index is 1.05. The van der Waals surface area contributed by atoms with Gasteiger partial charge in [0.1, 0.15) is 0 Å². The molecule has 0 radical (unpaired) electrons. The first-order chi connectivity index (χ1) is 7.49. The molecule has 0 aromatic heterocycles. The summed E-state index contributed by atoms with van der Waals surface area (Å²) in [6.07, 6.45) is 3.34. The average molecular weight is 214 g/mol. The molecule has 16 heavy (non-hydrogen) atoms. The van der Waals surface area contributed by atoms with Gasteiger partial charge in [-0.1, -0.05) is 52.6 Å². The number of aryl methyl sites for hydroxylation is 1. The molecule has 86 valence electrons. The van der Waals surface area contributed by atoms with Crippen LogP contribution in [-0.2, 0) is 6.42 Å². The van der Waals surface area contributed by atoms with Gasteiger partial charge in [-0.25, -0.2) is 0 Å². The summed E-state index contributed by atoms with van der Waals surface area (Å²) < 4.78 is 0. The fraction of sp³-hybridized carbons (Fsp3) is 0.375. The average Bonchev–Trinajstić information content (AvgIpc) is 2.16. The second-order valence-corrected chi connectivity index (χ2v) is 4.84. The van der Waals surface area contributed by atoms with Gasteiger partial charge < -0.3 is 0 Å². The Morgan fingerprint density at radius 1 is 1.12 bits per heavy atom. The van der Waals surface area contributed by atoms with E-state index in [4.69, 9.17) is 0 Å². The largest absolute Gasteiger partial charge is 0.0735 e. The number of rotatable bonds is 3. The highest BCUT2D eigenvalue weighted by Crippen LogP contribution is 2.13. The molecular weight excluding hydrogens is 192 g/mol. The molecule has 0 spiro atoms. The Labute approximate surface area is 99.7 Å². The molecular formula is C16H22. The summed E-state index contributed by atoms with van der Waals surface area (Å²) in [6, 6.07) is 8.73. The van der Waals surface area contributed by atoms with Gasteiger partial charge in [-0.15, -0.1) is 0 Å². The van der Waals surface area contributed by atoms with Crippen LogP contribution in [0.15, 0.2) is 47.1 Å². The van der Waals surface area contributed by atoms with Gasteiger partial charge in [0.25, 0.3) is 0 Å². The van der Waals surface area contributed by atoms with E-state index >= 15 is 0 Å². The third-order valence-electron chi connectivity index (χ3n) is 2.82. The molecule has 0 saturated heterocycles. The SMILES string of the molecule is CC(=CC(C)=C(C)C)Cc1cccc(C)c1. The van der Waals surface area contributed by atoms with E-state index in [0.29, 0.717) is 0 Å². The molecule has 0 aliphatic heterocycles. The van der Waals surface area contributed by atoms with Crippen molar-refractivity contribution in [1.82, 2.24) is 0 Å². The van der Waals surface area contributed by atoms with Crippen molar-refractivity contribution in [2.75, 3.05) is 0 Å². The number of hydrogen-bond donors (Lipinski definition) is 0. The molecule has 0 nitrogen and oxygen atoms in total. The van der Waals surface area contributed by atoms with Crippen LogP contribution in [0.2, 0.25) is 0 Å². The van der Waals surface area contributed by atoms with E-state index in [1.807, 2.05) is 0 Å². The summed E-state index contributed by atoms with van der Waals surface area (Å²) in [6.45, 7) is 10.8. The third kappa shape index (κ3) is 4.06. The molecule has 0 heterocycles. The van der Waals surface area contributed by atoms with Crippen LogP contribution in [0.3, 0.4) is 0 Å². The van der Waals surface area contributed by atoms with Crippen molar-refractivity contribution in [3.05, 3.63) is 58.2 Å². The second-order valence-electron chi connectivity index (χ2n) is 4.84. The van der Waals surface area contributed by atoms with E-state index in [9.17, 15) is 0 Å². The van der Waals surface area contributed by atoms with Crippen molar-refractivity contribution in [2.24, 2.45) is 0 Å². The monoisotopic (exact) mass is 214 g/mol. The lowest BCUT2D eigenvalue weighted by molar-refractivity contribution is 1.12. The molecule has 1 aromatic carbocycles. The van der Waals surface area contributed by atoms with E-state index in [2.05, 4.69) is 65.0 Å². The lowest BCUT2D eigenvalue weighted by Crippen LogP contribution is -1.88. The molecule has 0 N–H and O–H groups in total. The predicted molar refractivity (Wildman–Crippen MR) is 72.7 cm³/mol. The van der Waals surface area contributed by atoms with Gasteiger partial charge in [0, 0.05) is 0 Å². The third-order valence-corrected chi connectivity index (χ3v) is 2.82. The molecule has 0 saturated carbocycles. The highest BCUT2D eigenvalue weighted by atomic mass is 14.0. The molecule has 1 aromatic rings. The molecule has 0 aliphatic carbocycles.